The highest BCUT2D eigenvalue weighted by Gasteiger charge is 2.22. The van der Waals surface area contributed by atoms with E-state index < -0.39 is 0 Å². The molecule has 0 aliphatic carbocycles. The highest BCUT2D eigenvalue weighted by atomic mass is 16.7. The topological polar surface area (TPSA) is 43.5 Å². The highest BCUT2D eigenvalue weighted by molar-refractivity contribution is 4.68. The van der Waals surface area contributed by atoms with Gasteiger partial charge in [0, 0.05) is 0 Å². The maximum Gasteiger partial charge on any atom is 0.146 e. The summed E-state index contributed by atoms with van der Waals surface area (Å²) < 4.78 is 20.6. The summed E-state index contributed by atoms with van der Waals surface area (Å²) in [6, 6.07) is 0. The van der Waals surface area contributed by atoms with Gasteiger partial charge in [-0.2, -0.15) is 0 Å². The van der Waals surface area contributed by atoms with Crippen LogP contribution in [0.15, 0.2) is 0 Å². The van der Waals surface area contributed by atoms with Crippen LogP contribution in [0.4, 0.5) is 0 Å². The van der Waals surface area contributed by atoms with Gasteiger partial charge < -0.3 is 18.9 Å². The zero-order valence-corrected chi connectivity index (χ0v) is 7.74. The molecule has 2 saturated heterocycles. The molecule has 2 rings (SSSR count). The van der Waals surface area contributed by atoms with E-state index in [4.69, 9.17) is 18.9 Å². The van der Waals surface area contributed by atoms with Gasteiger partial charge in [-0.05, 0) is 12.8 Å². The van der Waals surface area contributed by atoms with Gasteiger partial charge in [-0.25, -0.2) is 0 Å². The Balaban J connectivity index is 1.28. The third-order valence-corrected chi connectivity index (χ3v) is 2.14. The number of hydrogen-bond donors (Lipinski definition) is 0. The van der Waals surface area contributed by atoms with Crippen molar-refractivity contribution < 1.29 is 18.9 Å². The van der Waals surface area contributed by atoms with E-state index in [1.807, 2.05) is 0 Å². The average Bonchev–Trinajstić information content (AvgIpc) is 2.99. The first-order valence-corrected chi connectivity index (χ1v) is 4.84. The van der Waals surface area contributed by atoms with Crippen molar-refractivity contribution >= 4 is 0 Å². The van der Waals surface area contributed by atoms with Gasteiger partial charge in [0.2, 0.25) is 0 Å². The molecule has 2 atom stereocenters. The summed E-state index contributed by atoms with van der Waals surface area (Å²) in [4.78, 5) is 0. The predicted molar refractivity (Wildman–Crippen MR) is 45.5 cm³/mol. The van der Waals surface area contributed by atoms with Gasteiger partial charge in [0.1, 0.15) is 6.79 Å². The molecule has 0 N–H and O–H groups in total. The van der Waals surface area contributed by atoms with Gasteiger partial charge in [-0.15, -0.1) is 0 Å². The fraction of sp³-hybridized carbons (Fsp3) is 1.00. The van der Waals surface area contributed by atoms with Gasteiger partial charge in [-0.1, -0.05) is 0 Å². The lowest BCUT2D eigenvalue weighted by Crippen LogP contribution is -2.05. The average molecular weight is 188 g/mol. The molecule has 2 fully saturated rings. The second-order valence-corrected chi connectivity index (χ2v) is 3.42. The molecule has 2 unspecified atom stereocenters. The van der Waals surface area contributed by atoms with Crippen molar-refractivity contribution in [3.8, 4) is 0 Å². The summed E-state index contributed by atoms with van der Waals surface area (Å²) >= 11 is 0. The van der Waals surface area contributed by atoms with Gasteiger partial charge in [0.15, 0.2) is 0 Å². The van der Waals surface area contributed by atoms with Gasteiger partial charge in [0.05, 0.1) is 38.6 Å². The van der Waals surface area contributed by atoms with E-state index in [1.54, 1.807) is 0 Å². The smallest absolute Gasteiger partial charge is 0.146 e. The molecule has 0 bridgehead atoms. The largest absolute Gasteiger partial charge is 0.373 e. The van der Waals surface area contributed by atoms with Crippen LogP contribution < -0.4 is 0 Å². The standard InChI is InChI=1S/C9H16O4/c1(8-5-12-8)3-10-7-11-4-2-9-6-13-9/h8-9H,1-7H2. The van der Waals surface area contributed by atoms with Crippen LogP contribution in [0.3, 0.4) is 0 Å². The maximum atomic E-state index is 5.24. The molecule has 2 heterocycles. The molecule has 0 saturated carbocycles. The van der Waals surface area contributed by atoms with Crippen LogP contribution in [0, 0.1) is 0 Å². The SMILES string of the molecule is C(CC1CO1)OCOCCC1CO1. The van der Waals surface area contributed by atoms with E-state index >= 15 is 0 Å². The highest BCUT2D eigenvalue weighted by Crippen LogP contribution is 2.13. The van der Waals surface area contributed by atoms with Crippen molar-refractivity contribution in [2.24, 2.45) is 0 Å². The fourth-order valence-corrected chi connectivity index (χ4v) is 1.08. The Hall–Kier alpha value is -0.160. The van der Waals surface area contributed by atoms with Crippen LogP contribution in [0.1, 0.15) is 12.8 Å². The molecular formula is C9H16O4. The minimum Gasteiger partial charge on any atom is -0.373 e. The Kier molecular flexibility index (Phi) is 3.55. The molecule has 2 aliphatic heterocycles. The normalized spacial score (nSPS) is 30.5. The minimum atomic E-state index is 0.402. The van der Waals surface area contributed by atoms with E-state index in [0.29, 0.717) is 19.0 Å². The summed E-state index contributed by atoms with van der Waals surface area (Å²) in [5.41, 5.74) is 0. The second kappa shape index (κ2) is 4.91. The van der Waals surface area contributed by atoms with Crippen molar-refractivity contribution in [1.29, 1.82) is 0 Å². The monoisotopic (exact) mass is 188 g/mol. The maximum absolute atomic E-state index is 5.24. The van der Waals surface area contributed by atoms with E-state index in [0.717, 1.165) is 39.3 Å². The summed E-state index contributed by atoms with van der Waals surface area (Å²) in [5.74, 6) is 0. The van der Waals surface area contributed by atoms with Gasteiger partial charge in [0.25, 0.3) is 0 Å². The van der Waals surface area contributed by atoms with E-state index in [1.165, 1.54) is 0 Å². The van der Waals surface area contributed by atoms with Gasteiger partial charge in [-0.3, -0.25) is 0 Å². The lowest BCUT2D eigenvalue weighted by Gasteiger charge is -2.03. The van der Waals surface area contributed by atoms with Crippen molar-refractivity contribution in [3.63, 3.8) is 0 Å². The molecule has 0 aromatic rings. The first-order chi connectivity index (χ1) is 6.45. The molecule has 4 nitrogen and oxygen atoms in total. The van der Waals surface area contributed by atoms with Gasteiger partial charge >= 0.3 is 0 Å². The molecule has 0 aromatic heterocycles. The van der Waals surface area contributed by atoms with Crippen molar-refractivity contribution in [2.75, 3.05) is 33.2 Å². The van der Waals surface area contributed by atoms with Crippen LogP contribution in [0.25, 0.3) is 0 Å². The summed E-state index contributed by atoms with van der Waals surface area (Å²) in [5, 5.41) is 0. The number of hydrogen-bond acceptors (Lipinski definition) is 4. The first-order valence-electron chi connectivity index (χ1n) is 4.84. The third-order valence-electron chi connectivity index (χ3n) is 2.14. The number of epoxide rings is 2. The van der Waals surface area contributed by atoms with E-state index in [2.05, 4.69) is 0 Å². The van der Waals surface area contributed by atoms with Crippen LogP contribution >= 0.6 is 0 Å². The lowest BCUT2D eigenvalue weighted by atomic mass is 10.3. The number of rotatable bonds is 8. The predicted octanol–water partition coefficient (Wildman–Crippen LogP) is 0.555. The molecule has 2 aliphatic rings. The molecule has 76 valence electrons. The summed E-state index contributed by atoms with van der Waals surface area (Å²) in [6.45, 7) is 3.70. The molecule has 0 aromatic carbocycles. The Bertz CT molecular complexity index is 127. The second-order valence-electron chi connectivity index (χ2n) is 3.42. The zero-order chi connectivity index (χ0) is 8.93. The van der Waals surface area contributed by atoms with Crippen LogP contribution in [0.2, 0.25) is 0 Å². The Morgan fingerprint density at radius 3 is 1.77 bits per heavy atom. The first kappa shape index (κ1) is 9.40. The van der Waals surface area contributed by atoms with Crippen molar-refractivity contribution in [1.82, 2.24) is 0 Å². The Labute approximate surface area is 78.1 Å². The molecule has 4 heteroatoms. The lowest BCUT2D eigenvalue weighted by molar-refractivity contribution is -0.0568. The van der Waals surface area contributed by atoms with Crippen LogP contribution in [-0.2, 0) is 18.9 Å². The minimum absolute atomic E-state index is 0.402. The molecular weight excluding hydrogens is 172 g/mol. The van der Waals surface area contributed by atoms with Crippen molar-refractivity contribution in [2.45, 2.75) is 25.0 Å². The molecule has 0 radical (unpaired) electrons. The quantitative estimate of drug-likeness (QED) is 0.317. The van der Waals surface area contributed by atoms with E-state index in [-0.39, 0.29) is 0 Å². The Morgan fingerprint density at radius 1 is 0.923 bits per heavy atom. The van der Waals surface area contributed by atoms with Crippen LogP contribution in [-0.4, -0.2) is 45.4 Å². The van der Waals surface area contributed by atoms with Crippen molar-refractivity contribution in [3.05, 3.63) is 0 Å². The number of ether oxygens (including phenoxy) is 4. The third kappa shape index (κ3) is 4.57. The molecule has 13 heavy (non-hydrogen) atoms. The molecule has 0 amide bonds. The zero-order valence-electron chi connectivity index (χ0n) is 7.74. The van der Waals surface area contributed by atoms with Crippen LogP contribution in [0.5, 0.6) is 0 Å². The Morgan fingerprint density at radius 2 is 1.38 bits per heavy atom. The van der Waals surface area contributed by atoms with E-state index in [9.17, 15) is 0 Å². The fourth-order valence-electron chi connectivity index (χ4n) is 1.08. The summed E-state index contributed by atoms with van der Waals surface area (Å²) in [7, 11) is 0. The summed E-state index contributed by atoms with van der Waals surface area (Å²) in [6.07, 6.45) is 2.91. The molecule has 0 spiro atoms.